The van der Waals surface area contributed by atoms with Crippen molar-refractivity contribution in [2.75, 3.05) is 24.7 Å². The molecular weight excluding hydrogens is 372 g/mol. The van der Waals surface area contributed by atoms with Crippen LogP contribution in [-0.4, -0.2) is 38.0 Å². The van der Waals surface area contributed by atoms with Gasteiger partial charge in [-0.15, -0.1) is 0 Å². The van der Waals surface area contributed by atoms with E-state index in [4.69, 9.17) is 11.6 Å². The molecule has 2 rings (SSSR count). The lowest BCUT2D eigenvalue weighted by Crippen LogP contribution is -2.38. The molecule has 5 nitrogen and oxygen atoms in total. The second kappa shape index (κ2) is 8.66. The van der Waals surface area contributed by atoms with Crippen molar-refractivity contribution < 1.29 is 13.2 Å². The van der Waals surface area contributed by atoms with E-state index < -0.39 is 10.0 Å². The van der Waals surface area contributed by atoms with E-state index in [1.54, 1.807) is 12.1 Å². The van der Waals surface area contributed by atoms with Gasteiger partial charge >= 0.3 is 0 Å². The fraction of sp³-hybridized carbons (Fsp3) is 0.316. The molecule has 0 atom stereocenters. The number of benzene rings is 2. The van der Waals surface area contributed by atoms with Crippen LogP contribution in [0.15, 0.2) is 42.5 Å². The van der Waals surface area contributed by atoms with Crippen molar-refractivity contribution in [1.29, 1.82) is 0 Å². The molecule has 140 valence electrons. The third-order valence-electron chi connectivity index (χ3n) is 4.10. The van der Waals surface area contributed by atoms with Crippen LogP contribution in [0.25, 0.3) is 0 Å². The van der Waals surface area contributed by atoms with E-state index in [0.717, 1.165) is 28.6 Å². The standard InChI is InChI=1S/C19H23ClN2O3S/c1-14-5-4-6-15(2)19(14)21-18(23)13-22(26(3,24)25)12-11-16-7-9-17(20)10-8-16/h4-10H,11-13H2,1-3H3,(H,21,23). The number of carbonyl (C=O) groups excluding carboxylic acids is 1. The molecule has 0 aliphatic heterocycles. The number of hydrogen-bond acceptors (Lipinski definition) is 3. The van der Waals surface area contributed by atoms with Crippen molar-refractivity contribution in [3.63, 3.8) is 0 Å². The van der Waals surface area contributed by atoms with Gasteiger partial charge in [0.25, 0.3) is 0 Å². The zero-order valence-corrected chi connectivity index (χ0v) is 16.7. The largest absolute Gasteiger partial charge is 0.324 e. The minimum absolute atomic E-state index is 0.222. The molecule has 0 aromatic heterocycles. The number of rotatable bonds is 7. The van der Waals surface area contributed by atoms with Gasteiger partial charge in [-0.3, -0.25) is 4.79 Å². The summed E-state index contributed by atoms with van der Waals surface area (Å²) in [5.74, 6) is -0.357. The van der Waals surface area contributed by atoms with Crippen LogP contribution in [0.5, 0.6) is 0 Å². The van der Waals surface area contributed by atoms with Crippen molar-refractivity contribution in [3.05, 3.63) is 64.2 Å². The van der Waals surface area contributed by atoms with Crippen LogP contribution in [0.4, 0.5) is 5.69 Å². The normalized spacial score (nSPS) is 11.6. The predicted octanol–water partition coefficient (Wildman–Crippen LogP) is 3.40. The van der Waals surface area contributed by atoms with E-state index >= 15 is 0 Å². The first-order valence-electron chi connectivity index (χ1n) is 8.22. The number of nitrogens with zero attached hydrogens (tertiary/aromatic N) is 1. The lowest BCUT2D eigenvalue weighted by Gasteiger charge is -2.20. The van der Waals surface area contributed by atoms with Crippen LogP contribution >= 0.6 is 11.6 Å². The maximum absolute atomic E-state index is 12.4. The number of aryl methyl sites for hydroxylation is 2. The van der Waals surface area contributed by atoms with Gasteiger partial charge in [0.1, 0.15) is 0 Å². The van der Waals surface area contributed by atoms with Gasteiger partial charge in [-0.05, 0) is 49.1 Å². The minimum atomic E-state index is -3.50. The highest BCUT2D eigenvalue weighted by Gasteiger charge is 2.20. The molecule has 7 heteroatoms. The topological polar surface area (TPSA) is 66.5 Å². The smallest absolute Gasteiger partial charge is 0.239 e. The van der Waals surface area contributed by atoms with E-state index in [0.29, 0.717) is 11.4 Å². The highest BCUT2D eigenvalue weighted by molar-refractivity contribution is 7.88. The SMILES string of the molecule is Cc1cccc(C)c1NC(=O)CN(CCc1ccc(Cl)cc1)S(C)(=O)=O. The third-order valence-corrected chi connectivity index (χ3v) is 5.60. The van der Waals surface area contributed by atoms with Crippen molar-refractivity contribution in [2.45, 2.75) is 20.3 Å². The Labute approximate surface area is 160 Å². The average molecular weight is 395 g/mol. The van der Waals surface area contributed by atoms with E-state index in [1.807, 2.05) is 44.2 Å². The van der Waals surface area contributed by atoms with Gasteiger partial charge in [0.15, 0.2) is 0 Å². The van der Waals surface area contributed by atoms with Gasteiger partial charge in [-0.2, -0.15) is 4.31 Å². The molecule has 1 N–H and O–H groups in total. The Bertz CT molecular complexity index is 860. The Morgan fingerprint density at radius 1 is 1.08 bits per heavy atom. The fourth-order valence-electron chi connectivity index (χ4n) is 2.62. The molecule has 0 bridgehead atoms. The fourth-order valence-corrected chi connectivity index (χ4v) is 3.52. The Morgan fingerprint density at radius 3 is 2.19 bits per heavy atom. The van der Waals surface area contributed by atoms with Gasteiger partial charge in [-0.1, -0.05) is 41.9 Å². The minimum Gasteiger partial charge on any atom is -0.324 e. The highest BCUT2D eigenvalue weighted by atomic mass is 35.5. The highest BCUT2D eigenvalue weighted by Crippen LogP contribution is 2.19. The van der Waals surface area contributed by atoms with Crippen LogP contribution < -0.4 is 5.32 Å². The molecular formula is C19H23ClN2O3S. The van der Waals surface area contributed by atoms with Crippen molar-refractivity contribution in [2.24, 2.45) is 0 Å². The molecule has 0 aliphatic carbocycles. The first kappa shape index (κ1) is 20.4. The molecule has 1 amide bonds. The van der Waals surface area contributed by atoms with Crippen molar-refractivity contribution in [1.82, 2.24) is 4.31 Å². The number of anilines is 1. The first-order chi connectivity index (χ1) is 12.2. The Hall–Kier alpha value is -1.89. The van der Waals surface area contributed by atoms with E-state index in [2.05, 4.69) is 5.32 Å². The Balaban J connectivity index is 2.05. The number of hydrogen-bond donors (Lipinski definition) is 1. The van der Waals surface area contributed by atoms with Gasteiger partial charge < -0.3 is 5.32 Å². The van der Waals surface area contributed by atoms with Gasteiger partial charge in [-0.25, -0.2) is 8.42 Å². The second-order valence-electron chi connectivity index (χ2n) is 6.29. The molecule has 0 fully saturated rings. The van der Waals surface area contributed by atoms with Crippen LogP contribution in [0.1, 0.15) is 16.7 Å². The molecule has 0 spiro atoms. The summed E-state index contributed by atoms with van der Waals surface area (Å²) in [6.45, 7) is 3.80. The summed E-state index contributed by atoms with van der Waals surface area (Å²) in [7, 11) is -3.50. The van der Waals surface area contributed by atoms with Gasteiger partial charge in [0, 0.05) is 17.3 Å². The predicted molar refractivity (Wildman–Crippen MR) is 106 cm³/mol. The third kappa shape index (κ3) is 5.83. The van der Waals surface area contributed by atoms with Crippen LogP contribution in [0.2, 0.25) is 5.02 Å². The number of para-hydroxylation sites is 1. The van der Waals surface area contributed by atoms with Gasteiger partial charge in [0.05, 0.1) is 12.8 Å². The van der Waals surface area contributed by atoms with Crippen molar-refractivity contribution >= 4 is 33.2 Å². The quantitative estimate of drug-likeness (QED) is 0.782. The summed E-state index contributed by atoms with van der Waals surface area (Å²) in [6, 6.07) is 12.9. The summed E-state index contributed by atoms with van der Waals surface area (Å²) in [4.78, 5) is 12.4. The lowest BCUT2D eigenvalue weighted by molar-refractivity contribution is -0.116. The molecule has 0 radical (unpaired) electrons. The number of sulfonamides is 1. The van der Waals surface area contributed by atoms with E-state index in [-0.39, 0.29) is 19.0 Å². The van der Waals surface area contributed by atoms with E-state index in [1.165, 1.54) is 4.31 Å². The maximum atomic E-state index is 12.4. The number of amides is 1. The summed E-state index contributed by atoms with van der Waals surface area (Å²) in [5, 5.41) is 3.45. The van der Waals surface area contributed by atoms with Crippen LogP contribution in [-0.2, 0) is 21.2 Å². The molecule has 0 aliphatic rings. The molecule has 26 heavy (non-hydrogen) atoms. The lowest BCUT2D eigenvalue weighted by atomic mass is 10.1. The summed E-state index contributed by atoms with van der Waals surface area (Å²) < 4.78 is 25.3. The monoisotopic (exact) mass is 394 g/mol. The number of nitrogens with one attached hydrogen (secondary N) is 1. The number of halogens is 1. The van der Waals surface area contributed by atoms with Crippen LogP contribution in [0.3, 0.4) is 0 Å². The zero-order valence-electron chi connectivity index (χ0n) is 15.1. The average Bonchev–Trinajstić information content (AvgIpc) is 2.55. The Kier molecular flexibility index (Phi) is 6.81. The molecule has 0 unspecified atom stereocenters. The first-order valence-corrected chi connectivity index (χ1v) is 10.4. The summed E-state index contributed by atoms with van der Waals surface area (Å²) in [5.41, 5.74) is 3.55. The molecule has 2 aromatic rings. The van der Waals surface area contributed by atoms with Crippen molar-refractivity contribution in [3.8, 4) is 0 Å². The molecule has 0 saturated carbocycles. The van der Waals surface area contributed by atoms with Crippen LogP contribution in [0, 0.1) is 13.8 Å². The number of carbonyl (C=O) groups is 1. The molecule has 0 saturated heterocycles. The summed E-state index contributed by atoms with van der Waals surface area (Å²) >= 11 is 5.86. The van der Waals surface area contributed by atoms with Gasteiger partial charge in [0.2, 0.25) is 15.9 Å². The zero-order chi connectivity index (χ0) is 19.3. The molecule has 0 heterocycles. The second-order valence-corrected chi connectivity index (χ2v) is 8.71. The molecule has 2 aromatic carbocycles. The maximum Gasteiger partial charge on any atom is 0.239 e. The van der Waals surface area contributed by atoms with E-state index in [9.17, 15) is 13.2 Å². The Morgan fingerprint density at radius 2 is 1.65 bits per heavy atom. The summed E-state index contributed by atoms with van der Waals surface area (Å²) in [6.07, 6.45) is 1.61.